The topological polar surface area (TPSA) is 67.9 Å². The minimum absolute atomic E-state index is 0.176. The van der Waals surface area contributed by atoms with Gasteiger partial charge in [-0.1, -0.05) is 12.1 Å². The van der Waals surface area contributed by atoms with E-state index in [0.29, 0.717) is 24.7 Å². The van der Waals surface area contributed by atoms with Crippen LogP contribution in [0.4, 0.5) is 5.69 Å². The van der Waals surface area contributed by atoms with Crippen molar-refractivity contribution in [3.05, 3.63) is 48.0 Å². The maximum Gasteiger partial charge on any atom is 0.241 e. The summed E-state index contributed by atoms with van der Waals surface area (Å²) in [6.07, 6.45) is 2.47. The van der Waals surface area contributed by atoms with E-state index in [-0.39, 0.29) is 11.4 Å². The molecule has 2 aliphatic heterocycles. The van der Waals surface area contributed by atoms with Crippen LogP contribution in [0.15, 0.2) is 47.4 Å². The zero-order chi connectivity index (χ0) is 18.0. The molecule has 2 aromatic rings. The second-order valence-electron chi connectivity index (χ2n) is 6.49. The summed E-state index contributed by atoms with van der Waals surface area (Å²) in [5.41, 5.74) is 2.12. The molecule has 0 aromatic heterocycles. The Kier molecular flexibility index (Phi) is 4.74. The lowest BCUT2D eigenvalue weighted by atomic mass is 10.2. The monoisotopic (exact) mass is 374 g/mol. The van der Waals surface area contributed by atoms with Crippen molar-refractivity contribution in [1.82, 2.24) is 4.72 Å². The molecule has 1 saturated heterocycles. The first-order chi connectivity index (χ1) is 12.6. The largest absolute Gasteiger partial charge is 0.486 e. The Labute approximate surface area is 153 Å². The van der Waals surface area contributed by atoms with Gasteiger partial charge in [-0.25, -0.2) is 13.1 Å². The second-order valence-corrected chi connectivity index (χ2v) is 8.26. The highest BCUT2D eigenvalue weighted by atomic mass is 32.2. The van der Waals surface area contributed by atoms with Crippen LogP contribution < -0.4 is 19.1 Å². The fraction of sp³-hybridized carbons (Fsp3) is 0.368. The van der Waals surface area contributed by atoms with E-state index in [1.165, 1.54) is 30.7 Å². The summed E-state index contributed by atoms with van der Waals surface area (Å²) in [4.78, 5) is 2.53. The van der Waals surface area contributed by atoms with Crippen LogP contribution in [0.2, 0.25) is 0 Å². The number of hydrogen-bond donors (Lipinski definition) is 1. The number of nitrogens with zero attached hydrogens (tertiary/aromatic N) is 1. The molecule has 7 heteroatoms. The zero-order valence-electron chi connectivity index (χ0n) is 14.5. The number of fused-ring (bicyclic) bond motifs is 1. The predicted molar refractivity (Wildman–Crippen MR) is 99.3 cm³/mol. The molecule has 0 aliphatic carbocycles. The van der Waals surface area contributed by atoms with Gasteiger partial charge in [0, 0.05) is 31.4 Å². The van der Waals surface area contributed by atoms with E-state index in [2.05, 4.69) is 21.8 Å². The van der Waals surface area contributed by atoms with Crippen LogP contribution in [0.25, 0.3) is 0 Å². The van der Waals surface area contributed by atoms with Gasteiger partial charge in [0.15, 0.2) is 11.5 Å². The Morgan fingerprint density at radius 1 is 0.923 bits per heavy atom. The Balaban J connectivity index is 1.43. The summed E-state index contributed by atoms with van der Waals surface area (Å²) in [5, 5.41) is 0. The lowest BCUT2D eigenvalue weighted by Crippen LogP contribution is -2.24. The molecule has 2 aromatic carbocycles. The SMILES string of the molecule is O=S(=O)(NCc1ccc(N2CCCC2)cc1)c1ccc2c(c1)OCCO2. The molecule has 1 fully saturated rings. The third-order valence-electron chi connectivity index (χ3n) is 4.70. The van der Waals surface area contributed by atoms with Crippen molar-refractivity contribution in [1.29, 1.82) is 0 Å². The normalized spacial score (nSPS) is 16.7. The van der Waals surface area contributed by atoms with Gasteiger partial charge in [-0.15, -0.1) is 0 Å². The molecule has 0 amide bonds. The molecule has 26 heavy (non-hydrogen) atoms. The number of sulfonamides is 1. The van der Waals surface area contributed by atoms with Crippen LogP contribution in [0, 0.1) is 0 Å². The molecule has 0 saturated carbocycles. The maximum atomic E-state index is 12.6. The number of rotatable bonds is 5. The van der Waals surface area contributed by atoms with Crippen molar-refractivity contribution in [3.8, 4) is 11.5 Å². The highest BCUT2D eigenvalue weighted by molar-refractivity contribution is 7.89. The van der Waals surface area contributed by atoms with Gasteiger partial charge < -0.3 is 14.4 Å². The van der Waals surface area contributed by atoms with E-state index < -0.39 is 10.0 Å². The number of hydrogen-bond acceptors (Lipinski definition) is 5. The summed E-state index contributed by atoms with van der Waals surface area (Å²) in [6.45, 7) is 3.33. The van der Waals surface area contributed by atoms with Gasteiger partial charge in [0.2, 0.25) is 10.0 Å². The Bertz CT molecular complexity index is 875. The van der Waals surface area contributed by atoms with Crippen LogP contribution >= 0.6 is 0 Å². The first-order valence-electron chi connectivity index (χ1n) is 8.85. The van der Waals surface area contributed by atoms with Crippen LogP contribution in [0.5, 0.6) is 11.5 Å². The van der Waals surface area contributed by atoms with Crippen molar-refractivity contribution in [2.45, 2.75) is 24.3 Å². The molecule has 0 spiro atoms. The molecular weight excluding hydrogens is 352 g/mol. The lowest BCUT2D eigenvalue weighted by molar-refractivity contribution is 0.171. The predicted octanol–water partition coefficient (Wildman–Crippen LogP) is 2.54. The first kappa shape index (κ1) is 17.2. The fourth-order valence-corrected chi connectivity index (χ4v) is 4.29. The molecule has 1 N–H and O–H groups in total. The van der Waals surface area contributed by atoms with Crippen LogP contribution in [-0.2, 0) is 16.6 Å². The van der Waals surface area contributed by atoms with Crippen molar-refractivity contribution in [3.63, 3.8) is 0 Å². The van der Waals surface area contributed by atoms with E-state index in [9.17, 15) is 8.42 Å². The van der Waals surface area contributed by atoms with Gasteiger partial charge in [-0.05, 0) is 42.7 Å². The zero-order valence-corrected chi connectivity index (χ0v) is 15.3. The fourth-order valence-electron chi connectivity index (χ4n) is 3.25. The molecule has 0 atom stereocenters. The summed E-state index contributed by atoms with van der Waals surface area (Å²) in [6, 6.07) is 12.7. The smallest absolute Gasteiger partial charge is 0.241 e. The third kappa shape index (κ3) is 3.64. The third-order valence-corrected chi connectivity index (χ3v) is 6.10. The summed E-state index contributed by atoms with van der Waals surface area (Å²) in [5.74, 6) is 1.04. The van der Waals surface area contributed by atoms with E-state index in [1.54, 1.807) is 6.07 Å². The second kappa shape index (κ2) is 7.17. The molecule has 6 nitrogen and oxygen atoms in total. The standard InChI is InChI=1S/C19H22N2O4S/c22-26(23,17-7-8-18-19(13-17)25-12-11-24-18)20-14-15-3-5-16(6-4-15)21-9-1-2-10-21/h3-8,13,20H,1-2,9-12,14H2. The minimum Gasteiger partial charge on any atom is -0.486 e. The number of benzene rings is 2. The average molecular weight is 374 g/mol. The highest BCUT2D eigenvalue weighted by Crippen LogP contribution is 2.32. The molecule has 0 bridgehead atoms. The van der Waals surface area contributed by atoms with Crippen LogP contribution in [0.3, 0.4) is 0 Å². The molecule has 0 radical (unpaired) electrons. The number of ether oxygens (including phenoxy) is 2. The quantitative estimate of drug-likeness (QED) is 0.871. The van der Waals surface area contributed by atoms with Crippen molar-refractivity contribution < 1.29 is 17.9 Å². The number of anilines is 1. The number of nitrogens with one attached hydrogen (secondary N) is 1. The first-order valence-corrected chi connectivity index (χ1v) is 10.3. The molecule has 2 aliphatic rings. The molecule has 2 heterocycles. The van der Waals surface area contributed by atoms with Gasteiger partial charge in [-0.3, -0.25) is 0 Å². The lowest BCUT2D eigenvalue weighted by Gasteiger charge is -2.19. The van der Waals surface area contributed by atoms with Crippen molar-refractivity contribution in [2.75, 3.05) is 31.2 Å². The van der Waals surface area contributed by atoms with E-state index in [4.69, 9.17) is 9.47 Å². The maximum absolute atomic E-state index is 12.6. The molecule has 0 unspecified atom stereocenters. The Hall–Kier alpha value is -2.25. The summed E-state index contributed by atoms with van der Waals surface area (Å²) < 4.78 is 38.6. The van der Waals surface area contributed by atoms with Crippen LogP contribution in [0.1, 0.15) is 18.4 Å². The molecular formula is C19H22N2O4S. The van der Waals surface area contributed by atoms with E-state index in [1.807, 2.05) is 12.1 Å². The molecule has 4 rings (SSSR count). The van der Waals surface area contributed by atoms with E-state index >= 15 is 0 Å². The van der Waals surface area contributed by atoms with Gasteiger partial charge in [0.25, 0.3) is 0 Å². The average Bonchev–Trinajstić information content (AvgIpc) is 3.21. The van der Waals surface area contributed by atoms with Gasteiger partial charge in [0.1, 0.15) is 13.2 Å². The van der Waals surface area contributed by atoms with Gasteiger partial charge in [-0.2, -0.15) is 0 Å². The van der Waals surface area contributed by atoms with Crippen molar-refractivity contribution >= 4 is 15.7 Å². The van der Waals surface area contributed by atoms with Crippen LogP contribution in [-0.4, -0.2) is 34.7 Å². The van der Waals surface area contributed by atoms with E-state index in [0.717, 1.165) is 18.7 Å². The minimum atomic E-state index is -3.61. The van der Waals surface area contributed by atoms with Gasteiger partial charge >= 0.3 is 0 Å². The Morgan fingerprint density at radius 3 is 2.35 bits per heavy atom. The highest BCUT2D eigenvalue weighted by Gasteiger charge is 2.19. The molecule has 138 valence electrons. The summed E-state index contributed by atoms with van der Waals surface area (Å²) >= 11 is 0. The van der Waals surface area contributed by atoms with Gasteiger partial charge in [0.05, 0.1) is 4.90 Å². The Morgan fingerprint density at radius 2 is 1.62 bits per heavy atom. The van der Waals surface area contributed by atoms with Crippen molar-refractivity contribution in [2.24, 2.45) is 0 Å². The summed E-state index contributed by atoms with van der Waals surface area (Å²) in [7, 11) is -3.61.